The topological polar surface area (TPSA) is 67.5 Å². The SMILES string of the molecule is CC(=O)NC(N)=NC=C/C(C)=C(\C)Cl. The molecule has 4 nitrogen and oxygen atoms in total. The highest BCUT2D eigenvalue weighted by molar-refractivity contribution is 6.29. The zero-order chi connectivity index (χ0) is 11.1. The Kier molecular flexibility index (Phi) is 5.64. The maximum Gasteiger partial charge on any atom is 0.223 e. The molecule has 0 radical (unpaired) electrons. The Hall–Kier alpha value is -1.29. The Bertz CT molecular complexity index is 301. The lowest BCUT2D eigenvalue weighted by molar-refractivity contribution is -0.117. The van der Waals surface area contributed by atoms with E-state index in [9.17, 15) is 4.79 Å². The van der Waals surface area contributed by atoms with Crippen molar-refractivity contribution >= 4 is 23.5 Å². The van der Waals surface area contributed by atoms with E-state index in [4.69, 9.17) is 17.3 Å². The van der Waals surface area contributed by atoms with Crippen LogP contribution < -0.4 is 11.1 Å². The highest BCUT2D eigenvalue weighted by atomic mass is 35.5. The van der Waals surface area contributed by atoms with Crippen LogP contribution in [0.25, 0.3) is 0 Å². The van der Waals surface area contributed by atoms with E-state index in [-0.39, 0.29) is 11.9 Å². The fraction of sp³-hybridized carbons (Fsp3) is 0.333. The van der Waals surface area contributed by atoms with E-state index in [0.29, 0.717) is 5.03 Å². The van der Waals surface area contributed by atoms with Gasteiger partial charge in [0, 0.05) is 18.2 Å². The first-order valence-electron chi connectivity index (χ1n) is 4.04. The number of carbonyl (C=O) groups is 1. The number of hydrogen-bond donors (Lipinski definition) is 2. The van der Waals surface area contributed by atoms with Crippen molar-refractivity contribution < 1.29 is 4.79 Å². The normalized spacial score (nSPS) is 14.1. The van der Waals surface area contributed by atoms with Gasteiger partial charge in [-0.05, 0) is 25.5 Å². The molecule has 0 aromatic heterocycles. The molecule has 5 heteroatoms. The number of amides is 1. The quantitative estimate of drug-likeness (QED) is 0.416. The number of nitrogens with zero attached hydrogens (tertiary/aromatic N) is 1. The second-order valence-electron chi connectivity index (χ2n) is 2.73. The summed E-state index contributed by atoms with van der Waals surface area (Å²) < 4.78 is 0. The number of nitrogens with two attached hydrogens (primary N) is 1. The second-order valence-corrected chi connectivity index (χ2v) is 3.29. The van der Waals surface area contributed by atoms with Crippen molar-refractivity contribution in [2.75, 3.05) is 0 Å². The summed E-state index contributed by atoms with van der Waals surface area (Å²) in [5.74, 6) is -0.186. The largest absolute Gasteiger partial charge is 0.369 e. The third-order valence-electron chi connectivity index (χ3n) is 1.39. The van der Waals surface area contributed by atoms with E-state index in [1.807, 2.05) is 6.92 Å². The third kappa shape index (κ3) is 6.25. The number of allylic oxidation sites excluding steroid dienone is 3. The summed E-state index contributed by atoms with van der Waals surface area (Å²) in [6.07, 6.45) is 3.18. The van der Waals surface area contributed by atoms with Gasteiger partial charge in [-0.3, -0.25) is 10.1 Å². The van der Waals surface area contributed by atoms with Crippen LogP contribution in [0.1, 0.15) is 20.8 Å². The summed E-state index contributed by atoms with van der Waals surface area (Å²) in [6, 6.07) is 0. The van der Waals surface area contributed by atoms with Crippen molar-refractivity contribution in [1.29, 1.82) is 0 Å². The summed E-state index contributed by atoms with van der Waals surface area (Å²) in [7, 11) is 0. The van der Waals surface area contributed by atoms with E-state index >= 15 is 0 Å². The molecule has 0 saturated carbocycles. The van der Waals surface area contributed by atoms with E-state index in [0.717, 1.165) is 5.57 Å². The zero-order valence-electron chi connectivity index (χ0n) is 8.47. The maximum absolute atomic E-state index is 10.5. The highest BCUT2D eigenvalue weighted by Crippen LogP contribution is 2.08. The fourth-order valence-electron chi connectivity index (χ4n) is 0.557. The van der Waals surface area contributed by atoms with Crippen LogP contribution in [0.4, 0.5) is 0 Å². The van der Waals surface area contributed by atoms with E-state index in [1.165, 1.54) is 13.1 Å². The second kappa shape index (κ2) is 6.21. The number of hydrogen-bond acceptors (Lipinski definition) is 2. The Morgan fingerprint density at radius 3 is 2.43 bits per heavy atom. The Balaban J connectivity index is 4.29. The van der Waals surface area contributed by atoms with Gasteiger partial charge in [-0.25, -0.2) is 4.99 Å². The molecule has 1 amide bonds. The number of rotatable bonds is 2. The Morgan fingerprint density at radius 1 is 1.43 bits per heavy atom. The number of guanidine groups is 1. The minimum Gasteiger partial charge on any atom is -0.369 e. The predicted octanol–water partition coefficient (Wildman–Crippen LogP) is 1.48. The van der Waals surface area contributed by atoms with Crippen molar-refractivity contribution in [3.63, 3.8) is 0 Å². The van der Waals surface area contributed by atoms with Crippen molar-refractivity contribution in [3.05, 3.63) is 22.9 Å². The molecule has 0 aliphatic heterocycles. The van der Waals surface area contributed by atoms with Crippen LogP contribution in [-0.2, 0) is 4.79 Å². The first kappa shape index (κ1) is 12.7. The van der Waals surface area contributed by atoms with Crippen molar-refractivity contribution in [3.8, 4) is 0 Å². The third-order valence-corrected chi connectivity index (χ3v) is 1.68. The van der Waals surface area contributed by atoms with Gasteiger partial charge >= 0.3 is 0 Å². The Labute approximate surface area is 88.5 Å². The molecule has 3 N–H and O–H groups in total. The van der Waals surface area contributed by atoms with E-state index < -0.39 is 0 Å². The fourth-order valence-corrected chi connectivity index (χ4v) is 0.620. The molecule has 0 heterocycles. The van der Waals surface area contributed by atoms with Gasteiger partial charge in [-0.2, -0.15) is 0 Å². The molecule has 0 spiro atoms. The molecule has 0 unspecified atom stereocenters. The monoisotopic (exact) mass is 215 g/mol. The molecule has 0 bridgehead atoms. The molecule has 0 aromatic rings. The number of halogens is 1. The van der Waals surface area contributed by atoms with Gasteiger partial charge in [0.25, 0.3) is 0 Å². The minimum atomic E-state index is -0.250. The average Bonchev–Trinajstić information content (AvgIpc) is 2.02. The van der Waals surface area contributed by atoms with Crippen LogP contribution in [0.2, 0.25) is 0 Å². The summed E-state index contributed by atoms with van der Waals surface area (Å²) in [4.78, 5) is 14.3. The molecule has 0 aliphatic carbocycles. The standard InChI is InChI=1S/C9H14ClN3O/c1-6(7(2)10)4-5-12-9(11)13-8(3)14/h4-5H,1-3H3,(H3,11,12,13,14)/b5-4?,7-6+. The Morgan fingerprint density at radius 2 is 2.00 bits per heavy atom. The molecule has 78 valence electrons. The maximum atomic E-state index is 10.5. The van der Waals surface area contributed by atoms with Gasteiger partial charge in [-0.1, -0.05) is 11.6 Å². The lowest BCUT2D eigenvalue weighted by atomic mass is 10.3. The lowest BCUT2D eigenvalue weighted by Crippen LogP contribution is -2.34. The van der Waals surface area contributed by atoms with Crippen molar-refractivity contribution in [1.82, 2.24) is 5.32 Å². The predicted molar refractivity (Wildman–Crippen MR) is 58.8 cm³/mol. The smallest absolute Gasteiger partial charge is 0.223 e. The summed E-state index contributed by atoms with van der Waals surface area (Å²) in [6.45, 7) is 4.99. The van der Waals surface area contributed by atoms with Crippen LogP contribution in [0.5, 0.6) is 0 Å². The van der Waals surface area contributed by atoms with Gasteiger partial charge in [0.15, 0.2) is 5.96 Å². The van der Waals surface area contributed by atoms with Gasteiger partial charge in [0.2, 0.25) is 5.91 Å². The van der Waals surface area contributed by atoms with E-state index in [1.54, 1.807) is 13.0 Å². The first-order valence-corrected chi connectivity index (χ1v) is 4.41. The van der Waals surface area contributed by atoms with Gasteiger partial charge in [0.1, 0.15) is 0 Å². The van der Waals surface area contributed by atoms with Crippen LogP contribution >= 0.6 is 11.6 Å². The van der Waals surface area contributed by atoms with Crippen LogP contribution in [0.3, 0.4) is 0 Å². The molecule has 14 heavy (non-hydrogen) atoms. The van der Waals surface area contributed by atoms with Crippen LogP contribution in [-0.4, -0.2) is 11.9 Å². The molecule has 0 fully saturated rings. The molecule has 0 rings (SSSR count). The molecule has 0 aliphatic rings. The summed E-state index contributed by atoms with van der Waals surface area (Å²) in [5, 5.41) is 3.02. The summed E-state index contributed by atoms with van der Waals surface area (Å²) >= 11 is 5.71. The van der Waals surface area contributed by atoms with Crippen LogP contribution in [0.15, 0.2) is 27.9 Å². The molecular formula is C9H14ClN3O. The first-order chi connectivity index (χ1) is 6.43. The number of aliphatic imine (C=N–C) groups is 1. The molecular weight excluding hydrogens is 202 g/mol. The molecule has 0 atom stereocenters. The molecule has 0 aromatic carbocycles. The number of nitrogens with one attached hydrogen (secondary N) is 1. The van der Waals surface area contributed by atoms with Crippen molar-refractivity contribution in [2.24, 2.45) is 10.7 Å². The zero-order valence-corrected chi connectivity index (χ0v) is 9.22. The minimum absolute atomic E-state index is 0.0637. The van der Waals surface area contributed by atoms with Gasteiger partial charge in [-0.15, -0.1) is 0 Å². The van der Waals surface area contributed by atoms with Gasteiger partial charge in [0.05, 0.1) is 0 Å². The summed E-state index contributed by atoms with van der Waals surface area (Å²) in [5.41, 5.74) is 6.25. The average molecular weight is 216 g/mol. The lowest BCUT2D eigenvalue weighted by Gasteiger charge is -1.97. The number of carbonyl (C=O) groups excluding carboxylic acids is 1. The highest BCUT2D eigenvalue weighted by Gasteiger charge is 1.92. The van der Waals surface area contributed by atoms with Gasteiger partial charge < -0.3 is 5.73 Å². The van der Waals surface area contributed by atoms with Crippen LogP contribution in [0, 0.1) is 0 Å². The molecule has 0 saturated heterocycles. The van der Waals surface area contributed by atoms with E-state index in [2.05, 4.69) is 10.3 Å². The van der Waals surface area contributed by atoms with Crippen molar-refractivity contribution in [2.45, 2.75) is 20.8 Å².